The third-order valence-corrected chi connectivity index (χ3v) is 6.56. The Morgan fingerprint density at radius 2 is 1.52 bits per heavy atom. The van der Waals surface area contributed by atoms with Gasteiger partial charge in [0.15, 0.2) is 0 Å². The van der Waals surface area contributed by atoms with Crippen LogP contribution in [0.4, 0.5) is 5.69 Å². The summed E-state index contributed by atoms with van der Waals surface area (Å²) in [5, 5.41) is 5.06. The molecule has 6 nitrogen and oxygen atoms in total. The number of primary sulfonamides is 1. The van der Waals surface area contributed by atoms with E-state index in [1.165, 1.54) is 6.07 Å². The van der Waals surface area contributed by atoms with Gasteiger partial charge in [-0.25, -0.2) is 22.0 Å². The van der Waals surface area contributed by atoms with Crippen LogP contribution in [-0.4, -0.2) is 16.8 Å². The minimum atomic E-state index is -3.83. The maximum Gasteiger partial charge on any atom is 0.262 e. The van der Waals surface area contributed by atoms with Gasteiger partial charge in [0.25, 0.3) is 10.0 Å². The van der Waals surface area contributed by atoms with Gasteiger partial charge in [0.2, 0.25) is 10.0 Å². The van der Waals surface area contributed by atoms with Gasteiger partial charge in [-0.2, -0.15) is 0 Å². The zero-order valence-corrected chi connectivity index (χ0v) is 17.8. The summed E-state index contributed by atoms with van der Waals surface area (Å²) in [7, 11) is -7.53. The summed E-state index contributed by atoms with van der Waals surface area (Å²) in [6, 6.07) is 9.98. The highest BCUT2D eigenvalue weighted by Crippen LogP contribution is 2.30. The molecule has 0 amide bonds. The first-order valence-electron chi connectivity index (χ1n) is 8.43. The van der Waals surface area contributed by atoms with Crippen molar-refractivity contribution < 1.29 is 16.8 Å². The van der Waals surface area contributed by atoms with Gasteiger partial charge in [-0.15, -0.1) is 0 Å². The molecular weight excluding hydrogens is 384 g/mol. The lowest BCUT2D eigenvalue weighted by Crippen LogP contribution is -2.18. The van der Waals surface area contributed by atoms with E-state index in [0.29, 0.717) is 16.7 Å². The molecule has 2 rings (SSSR count). The number of rotatable bonds is 5. The molecule has 0 aliphatic rings. The predicted octanol–water partition coefficient (Wildman–Crippen LogP) is 3.19. The summed E-state index contributed by atoms with van der Waals surface area (Å²) in [5.74, 6) is -0.360. The van der Waals surface area contributed by atoms with E-state index in [9.17, 15) is 16.8 Å². The second-order valence-electron chi connectivity index (χ2n) is 7.80. The van der Waals surface area contributed by atoms with Gasteiger partial charge in [-0.05, 0) is 53.6 Å². The Bertz CT molecular complexity index is 1040. The van der Waals surface area contributed by atoms with Crippen molar-refractivity contribution in [1.82, 2.24) is 0 Å². The van der Waals surface area contributed by atoms with Gasteiger partial charge >= 0.3 is 0 Å². The number of benzene rings is 2. The minimum absolute atomic E-state index is 0.0900. The summed E-state index contributed by atoms with van der Waals surface area (Å²) >= 11 is 0. The van der Waals surface area contributed by atoms with E-state index in [1.807, 2.05) is 12.1 Å². The van der Waals surface area contributed by atoms with Gasteiger partial charge in [-0.1, -0.05) is 45.0 Å². The quantitative estimate of drug-likeness (QED) is 0.789. The fraction of sp³-hybridized carbons (Fsp3) is 0.368. The summed E-state index contributed by atoms with van der Waals surface area (Å²) in [6.45, 7) is 9.77. The van der Waals surface area contributed by atoms with E-state index in [2.05, 4.69) is 25.5 Å². The first-order chi connectivity index (χ1) is 12.2. The van der Waals surface area contributed by atoms with Crippen LogP contribution >= 0.6 is 0 Å². The van der Waals surface area contributed by atoms with Crippen LogP contribution < -0.4 is 9.86 Å². The maximum absolute atomic E-state index is 12.9. The van der Waals surface area contributed by atoms with E-state index in [4.69, 9.17) is 5.14 Å². The van der Waals surface area contributed by atoms with Gasteiger partial charge in [0.05, 0.1) is 10.6 Å². The van der Waals surface area contributed by atoms with Crippen molar-refractivity contribution in [2.45, 2.75) is 50.7 Å². The second-order valence-corrected chi connectivity index (χ2v) is 11.0. The third-order valence-electron chi connectivity index (χ3n) is 4.14. The van der Waals surface area contributed by atoms with Crippen LogP contribution in [0.5, 0.6) is 0 Å². The van der Waals surface area contributed by atoms with Crippen LogP contribution in [0, 0.1) is 13.8 Å². The topological polar surface area (TPSA) is 106 Å². The number of nitrogens with two attached hydrogens (primary N) is 1. The Morgan fingerprint density at radius 3 is 2.00 bits per heavy atom. The number of anilines is 1. The fourth-order valence-corrected chi connectivity index (χ4v) is 5.12. The van der Waals surface area contributed by atoms with Crippen LogP contribution in [0.25, 0.3) is 0 Å². The normalized spacial score (nSPS) is 12.8. The van der Waals surface area contributed by atoms with Gasteiger partial charge < -0.3 is 0 Å². The molecule has 0 aliphatic heterocycles. The number of sulfonamides is 2. The Morgan fingerprint density at radius 1 is 0.963 bits per heavy atom. The molecule has 0 aliphatic carbocycles. The van der Waals surface area contributed by atoms with E-state index in [1.54, 1.807) is 32.0 Å². The highest BCUT2D eigenvalue weighted by atomic mass is 32.2. The Kier molecular flexibility index (Phi) is 5.75. The van der Waals surface area contributed by atoms with E-state index in [0.717, 1.165) is 5.56 Å². The SMILES string of the molecule is Cc1cc(C(C)(C)C)cc(C)c1S(=O)(=O)Nc1cccc(CS(N)(=O)=O)c1. The lowest BCUT2D eigenvalue weighted by molar-refractivity contribution is 0.585. The average Bonchev–Trinajstić information content (AvgIpc) is 2.42. The zero-order valence-electron chi connectivity index (χ0n) is 16.2. The molecule has 0 fully saturated rings. The Labute approximate surface area is 161 Å². The summed E-state index contributed by atoms with van der Waals surface area (Å²) in [5.41, 5.74) is 2.99. The molecule has 0 unspecified atom stereocenters. The van der Waals surface area contributed by atoms with Gasteiger partial charge in [-0.3, -0.25) is 4.72 Å². The van der Waals surface area contributed by atoms with Crippen LogP contribution in [-0.2, 0) is 31.2 Å². The van der Waals surface area contributed by atoms with Crippen molar-refractivity contribution in [2.75, 3.05) is 4.72 Å². The Hall–Kier alpha value is -1.90. The summed E-state index contributed by atoms with van der Waals surface area (Å²) in [4.78, 5) is 0.229. The largest absolute Gasteiger partial charge is 0.280 e. The number of hydrogen-bond donors (Lipinski definition) is 2. The number of nitrogens with one attached hydrogen (secondary N) is 1. The number of hydrogen-bond acceptors (Lipinski definition) is 4. The van der Waals surface area contributed by atoms with Crippen molar-refractivity contribution in [3.8, 4) is 0 Å². The lowest BCUT2D eigenvalue weighted by Gasteiger charge is -2.22. The summed E-state index contributed by atoms with van der Waals surface area (Å²) in [6.07, 6.45) is 0. The standard InChI is InChI=1S/C19H26N2O4S2/c1-13-9-16(19(3,4)5)10-14(2)18(13)27(24,25)21-17-8-6-7-15(11-17)12-26(20,22)23/h6-11,21H,12H2,1-5H3,(H2,20,22,23). The van der Waals surface area contributed by atoms with Crippen LogP contribution in [0.15, 0.2) is 41.3 Å². The molecule has 0 atom stereocenters. The summed E-state index contributed by atoms with van der Waals surface area (Å²) < 4.78 is 51.0. The fourth-order valence-electron chi connectivity index (χ4n) is 2.97. The van der Waals surface area contributed by atoms with Crippen molar-refractivity contribution >= 4 is 25.7 Å². The van der Waals surface area contributed by atoms with Gasteiger partial charge in [0, 0.05) is 5.69 Å². The smallest absolute Gasteiger partial charge is 0.262 e. The molecule has 148 valence electrons. The third kappa shape index (κ3) is 5.54. The molecule has 2 aromatic rings. The van der Waals surface area contributed by atoms with Crippen molar-refractivity contribution in [3.05, 3.63) is 58.7 Å². The predicted molar refractivity (Wildman–Crippen MR) is 109 cm³/mol. The van der Waals surface area contributed by atoms with E-state index >= 15 is 0 Å². The first kappa shape index (κ1) is 21.4. The molecule has 0 bridgehead atoms. The molecule has 2 aromatic carbocycles. The molecule has 0 aromatic heterocycles. The van der Waals surface area contributed by atoms with Crippen molar-refractivity contribution in [2.24, 2.45) is 5.14 Å². The molecule has 27 heavy (non-hydrogen) atoms. The molecule has 0 saturated carbocycles. The molecule has 0 radical (unpaired) electrons. The molecule has 8 heteroatoms. The van der Waals surface area contributed by atoms with E-state index < -0.39 is 20.0 Å². The molecule has 0 heterocycles. The molecule has 3 N–H and O–H groups in total. The first-order valence-corrected chi connectivity index (χ1v) is 11.6. The second kappa shape index (κ2) is 7.26. The highest BCUT2D eigenvalue weighted by Gasteiger charge is 2.23. The van der Waals surface area contributed by atoms with Crippen molar-refractivity contribution in [1.29, 1.82) is 0 Å². The van der Waals surface area contributed by atoms with E-state index in [-0.39, 0.29) is 21.8 Å². The molecule has 0 spiro atoms. The number of aryl methyl sites for hydroxylation is 2. The van der Waals surface area contributed by atoms with Gasteiger partial charge in [0.1, 0.15) is 0 Å². The molecular formula is C19H26N2O4S2. The average molecular weight is 411 g/mol. The van der Waals surface area contributed by atoms with Crippen LogP contribution in [0.1, 0.15) is 43.0 Å². The monoisotopic (exact) mass is 410 g/mol. The van der Waals surface area contributed by atoms with Crippen LogP contribution in [0.3, 0.4) is 0 Å². The lowest BCUT2D eigenvalue weighted by atomic mass is 9.85. The van der Waals surface area contributed by atoms with Crippen molar-refractivity contribution in [3.63, 3.8) is 0 Å². The minimum Gasteiger partial charge on any atom is -0.280 e. The highest BCUT2D eigenvalue weighted by molar-refractivity contribution is 7.92. The maximum atomic E-state index is 12.9. The van der Waals surface area contributed by atoms with Crippen LogP contribution in [0.2, 0.25) is 0 Å². The molecule has 0 saturated heterocycles. The zero-order chi connectivity index (χ0) is 20.6. The Balaban J connectivity index is 2.42.